The fraction of sp³-hybridized carbons (Fsp3) is 0.947. The van der Waals surface area contributed by atoms with Crippen LogP contribution in [-0.2, 0) is 9.53 Å². The number of ether oxygens (including phenoxy) is 1. The third kappa shape index (κ3) is 3.23. The lowest BCUT2D eigenvalue weighted by atomic mass is 9.58. The lowest BCUT2D eigenvalue weighted by molar-refractivity contribution is -0.209. The van der Waals surface area contributed by atoms with Gasteiger partial charge in [-0.15, -0.1) is 0 Å². The Balaban J connectivity index is 1.53. The number of nitrogens with zero attached hydrogens (tertiary/aromatic N) is 2. The lowest BCUT2D eigenvalue weighted by Crippen LogP contribution is -2.63. The van der Waals surface area contributed by atoms with Gasteiger partial charge in [0.1, 0.15) is 0 Å². The van der Waals surface area contributed by atoms with Crippen molar-refractivity contribution in [3.8, 4) is 0 Å². The van der Waals surface area contributed by atoms with E-state index in [1.165, 1.54) is 6.42 Å². The van der Waals surface area contributed by atoms with Crippen LogP contribution < -0.4 is 0 Å². The molecule has 3 aliphatic rings. The second kappa shape index (κ2) is 7.30. The molecule has 138 valence electrons. The van der Waals surface area contributed by atoms with Gasteiger partial charge in [0.15, 0.2) is 0 Å². The molecule has 4 atom stereocenters. The van der Waals surface area contributed by atoms with Crippen LogP contribution in [0, 0.1) is 5.41 Å². The molecule has 0 aromatic heterocycles. The monoisotopic (exact) mass is 338 g/mol. The molecule has 0 unspecified atom stereocenters. The van der Waals surface area contributed by atoms with Crippen LogP contribution in [0.15, 0.2) is 0 Å². The van der Waals surface area contributed by atoms with Crippen LogP contribution in [-0.4, -0.2) is 71.3 Å². The van der Waals surface area contributed by atoms with Crippen LogP contribution in [0.2, 0.25) is 0 Å². The summed E-state index contributed by atoms with van der Waals surface area (Å²) in [5, 5.41) is 10.3. The SMILES string of the molecule is CCO[C@@H]1C[C@H](O)C12CCN(CC(=O)N1[C@H](C)CCC[C@@H]1C)CC2. The van der Waals surface area contributed by atoms with Crippen molar-refractivity contribution >= 4 is 5.91 Å². The fourth-order valence-corrected chi connectivity index (χ4v) is 5.13. The van der Waals surface area contributed by atoms with Crippen molar-refractivity contribution in [3.05, 3.63) is 0 Å². The van der Waals surface area contributed by atoms with Gasteiger partial charge in [0, 0.05) is 30.5 Å². The minimum absolute atomic E-state index is 0.0543. The van der Waals surface area contributed by atoms with E-state index in [1.807, 2.05) is 6.92 Å². The van der Waals surface area contributed by atoms with E-state index in [0.29, 0.717) is 25.2 Å². The van der Waals surface area contributed by atoms with Gasteiger partial charge in [-0.3, -0.25) is 9.69 Å². The summed E-state index contributed by atoms with van der Waals surface area (Å²) in [4.78, 5) is 17.2. The van der Waals surface area contributed by atoms with Crippen molar-refractivity contribution in [1.29, 1.82) is 0 Å². The van der Waals surface area contributed by atoms with E-state index in [0.717, 1.165) is 45.2 Å². The summed E-state index contributed by atoms with van der Waals surface area (Å²) < 4.78 is 5.83. The molecule has 1 spiro atoms. The highest BCUT2D eigenvalue weighted by molar-refractivity contribution is 5.79. The standard InChI is InChI=1S/C19H34N2O3/c1-4-24-17-12-16(22)19(17)8-10-20(11-9-19)13-18(23)21-14(2)6-5-7-15(21)3/h14-17,22H,4-13H2,1-3H3/t14-,15+,16-,17+/m0/s1. The van der Waals surface area contributed by atoms with Crippen LogP contribution in [0.25, 0.3) is 0 Å². The Hall–Kier alpha value is -0.650. The van der Waals surface area contributed by atoms with Gasteiger partial charge in [-0.25, -0.2) is 0 Å². The van der Waals surface area contributed by atoms with Crippen LogP contribution in [0.4, 0.5) is 0 Å². The number of hydrogen-bond donors (Lipinski definition) is 1. The molecular formula is C19H34N2O3. The minimum atomic E-state index is -0.228. The zero-order chi connectivity index (χ0) is 17.3. The molecule has 2 aliphatic heterocycles. The fourth-order valence-electron chi connectivity index (χ4n) is 5.13. The average molecular weight is 338 g/mol. The largest absolute Gasteiger partial charge is 0.392 e. The zero-order valence-electron chi connectivity index (χ0n) is 15.5. The Bertz CT molecular complexity index is 436. The second-order valence-corrected chi connectivity index (χ2v) is 8.13. The highest BCUT2D eigenvalue weighted by Gasteiger charge is 2.56. The van der Waals surface area contributed by atoms with E-state index in [9.17, 15) is 9.90 Å². The molecule has 1 saturated carbocycles. The first kappa shape index (κ1) is 18.2. The van der Waals surface area contributed by atoms with Crippen molar-refractivity contribution in [3.63, 3.8) is 0 Å². The zero-order valence-corrected chi connectivity index (χ0v) is 15.5. The third-order valence-electron chi connectivity index (χ3n) is 6.74. The van der Waals surface area contributed by atoms with Gasteiger partial charge in [-0.05, 0) is 66.0 Å². The normalized spacial score (nSPS) is 36.6. The first-order valence-electron chi connectivity index (χ1n) is 9.81. The first-order chi connectivity index (χ1) is 11.5. The van der Waals surface area contributed by atoms with Gasteiger partial charge in [-0.2, -0.15) is 0 Å². The number of carbonyl (C=O) groups excluding carboxylic acids is 1. The van der Waals surface area contributed by atoms with Crippen LogP contribution in [0.3, 0.4) is 0 Å². The van der Waals surface area contributed by atoms with Crippen molar-refractivity contribution in [2.75, 3.05) is 26.2 Å². The number of hydrogen-bond acceptors (Lipinski definition) is 4. The van der Waals surface area contributed by atoms with Gasteiger partial charge in [0.05, 0.1) is 18.8 Å². The first-order valence-corrected chi connectivity index (χ1v) is 9.81. The maximum atomic E-state index is 12.8. The molecule has 2 heterocycles. The Kier molecular flexibility index (Phi) is 5.52. The molecule has 3 rings (SSSR count). The molecule has 1 amide bonds. The van der Waals surface area contributed by atoms with Gasteiger partial charge >= 0.3 is 0 Å². The number of piperidine rings is 2. The second-order valence-electron chi connectivity index (χ2n) is 8.13. The lowest BCUT2D eigenvalue weighted by Gasteiger charge is -2.56. The van der Waals surface area contributed by atoms with Crippen molar-refractivity contribution in [2.45, 2.75) is 83.6 Å². The molecule has 24 heavy (non-hydrogen) atoms. The quantitative estimate of drug-likeness (QED) is 0.852. The summed E-state index contributed by atoms with van der Waals surface area (Å²) in [6, 6.07) is 0.737. The number of aliphatic hydroxyl groups is 1. The molecule has 1 aliphatic carbocycles. The molecule has 0 bridgehead atoms. The molecule has 2 saturated heterocycles. The molecule has 0 radical (unpaired) electrons. The van der Waals surface area contributed by atoms with E-state index < -0.39 is 0 Å². The average Bonchev–Trinajstić information content (AvgIpc) is 2.55. The highest BCUT2D eigenvalue weighted by atomic mass is 16.5. The van der Waals surface area contributed by atoms with E-state index in [1.54, 1.807) is 0 Å². The Morgan fingerprint density at radius 3 is 2.38 bits per heavy atom. The molecule has 1 N–H and O–H groups in total. The predicted octanol–water partition coefficient (Wildman–Crippen LogP) is 2.03. The van der Waals surface area contributed by atoms with Crippen molar-refractivity contribution in [1.82, 2.24) is 9.80 Å². The summed E-state index contributed by atoms with van der Waals surface area (Å²) in [6.07, 6.45) is 6.12. The van der Waals surface area contributed by atoms with Gasteiger partial charge in [0.2, 0.25) is 5.91 Å². The molecular weight excluding hydrogens is 304 g/mol. The smallest absolute Gasteiger partial charge is 0.237 e. The summed E-state index contributed by atoms with van der Waals surface area (Å²) in [6.45, 7) is 9.40. The molecule has 0 aromatic carbocycles. The topological polar surface area (TPSA) is 53.0 Å². The number of carbonyl (C=O) groups is 1. The summed E-state index contributed by atoms with van der Waals surface area (Å²) in [5.41, 5.74) is -0.0543. The van der Waals surface area contributed by atoms with Crippen LogP contribution >= 0.6 is 0 Å². The van der Waals surface area contributed by atoms with E-state index >= 15 is 0 Å². The number of amides is 1. The van der Waals surface area contributed by atoms with E-state index in [2.05, 4.69) is 23.6 Å². The summed E-state index contributed by atoms with van der Waals surface area (Å²) >= 11 is 0. The van der Waals surface area contributed by atoms with Gasteiger partial charge < -0.3 is 14.7 Å². The third-order valence-corrected chi connectivity index (χ3v) is 6.74. The highest BCUT2D eigenvalue weighted by Crippen LogP contribution is 2.50. The molecule has 0 aromatic rings. The Morgan fingerprint density at radius 2 is 1.83 bits per heavy atom. The molecule has 5 heteroatoms. The summed E-state index contributed by atoms with van der Waals surface area (Å²) in [7, 11) is 0. The molecule has 5 nitrogen and oxygen atoms in total. The molecule has 3 fully saturated rings. The maximum Gasteiger partial charge on any atom is 0.237 e. The predicted molar refractivity (Wildman–Crippen MR) is 93.8 cm³/mol. The van der Waals surface area contributed by atoms with Gasteiger partial charge in [-0.1, -0.05) is 0 Å². The van der Waals surface area contributed by atoms with E-state index in [4.69, 9.17) is 4.74 Å². The van der Waals surface area contributed by atoms with Crippen molar-refractivity contribution < 1.29 is 14.6 Å². The van der Waals surface area contributed by atoms with Gasteiger partial charge in [0.25, 0.3) is 0 Å². The minimum Gasteiger partial charge on any atom is -0.392 e. The van der Waals surface area contributed by atoms with Crippen LogP contribution in [0.1, 0.15) is 59.3 Å². The van der Waals surface area contributed by atoms with Crippen molar-refractivity contribution in [2.24, 2.45) is 5.41 Å². The Labute approximate surface area is 146 Å². The Morgan fingerprint density at radius 1 is 1.21 bits per heavy atom. The van der Waals surface area contributed by atoms with Crippen LogP contribution in [0.5, 0.6) is 0 Å². The number of likely N-dealkylation sites (tertiary alicyclic amines) is 2. The van der Waals surface area contributed by atoms with E-state index in [-0.39, 0.29) is 23.5 Å². The summed E-state index contributed by atoms with van der Waals surface area (Å²) in [5.74, 6) is 0.279. The number of aliphatic hydroxyl groups excluding tert-OH is 1. The maximum absolute atomic E-state index is 12.8. The number of rotatable bonds is 4.